The predicted octanol–water partition coefficient (Wildman–Crippen LogP) is 0.925. The molecule has 6 nitrogen and oxygen atoms in total. The normalized spacial score (nSPS) is 19.9. The zero-order valence-corrected chi connectivity index (χ0v) is 12.1. The molecule has 0 heterocycles. The summed E-state index contributed by atoms with van der Waals surface area (Å²) in [5.74, 6) is -1.22. The van der Waals surface area contributed by atoms with Gasteiger partial charge in [-0.05, 0) is 12.8 Å². The Balaban J connectivity index is 2.65. The fraction of sp³-hybridized carbons (Fsp3) is 0.857. The quantitative estimate of drug-likeness (QED) is 0.605. The molecule has 1 aliphatic carbocycles. The number of carbonyl (C=O) groups is 2. The van der Waals surface area contributed by atoms with Crippen LogP contribution in [0.3, 0.4) is 0 Å². The monoisotopic (exact) mass is 287 g/mol. The second-order valence-electron chi connectivity index (χ2n) is 5.58. The minimum atomic E-state index is -0.951. The summed E-state index contributed by atoms with van der Waals surface area (Å²) in [5, 5.41) is 21.3. The van der Waals surface area contributed by atoms with Crippen molar-refractivity contribution in [1.29, 1.82) is 0 Å². The van der Waals surface area contributed by atoms with E-state index >= 15 is 0 Å². The van der Waals surface area contributed by atoms with Gasteiger partial charge >= 0.3 is 5.97 Å². The van der Waals surface area contributed by atoms with Gasteiger partial charge < -0.3 is 20.3 Å². The van der Waals surface area contributed by atoms with Crippen LogP contribution in [0.25, 0.3) is 0 Å². The molecule has 1 rings (SSSR count). The molecular weight excluding hydrogens is 262 g/mol. The SMILES string of the molecule is COCC(CO)NC(=O)CC1(C(=O)O)CCCCCC1. The number of ether oxygens (including phenoxy) is 1. The van der Waals surface area contributed by atoms with Crippen molar-refractivity contribution in [2.45, 2.75) is 51.0 Å². The highest BCUT2D eigenvalue weighted by atomic mass is 16.5. The molecule has 1 unspecified atom stereocenters. The van der Waals surface area contributed by atoms with Crippen LogP contribution in [-0.4, -0.2) is 48.5 Å². The molecule has 3 N–H and O–H groups in total. The predicted molar refractivity (Wildman–Crippen MR) is 73.3 cm³/mol. The molecule has 0 aromatic rings. The summed E-state index contributed by atoms with van der Waals surface area (Å²) >= 11 is 0. The van der Waals surface area contributed by atoms with Crippen LogP contribution in [-0.2, 0) is 14.3 Å². The topological polar surface area (TPSA) is 95.9 Å². The highest BCUT2D eigenvalue weighted by Crippen LogP contribution is 2.38. The maximum atomic E-state index is 12.0. The lowest BCUT2D eigenvalue weighted by molar-refractivity contribution is -0.153. The lowest BCUT2D eigenvalue weighted by Gasteiger charge is -2.28. The Morgan fingerprint density at radius 2 is 1.85 bits per heavy atom. The first-order chi connectivity index (χ1) is 9.54. The van der Waals surface area contributed by atoms with Crippen molar-refractivity contribution in [2.75, 3.05) is 20.3 Å². The molecule has 1 fully saturated rings. The summed E-state index contributed by atoms with van der Waals surface area (Å²) < 4.78 is 4.89. The Hall–Kier alpha value is -1.14. The fourth-order valence-electron chi connectivity index (χ4n) is 2.80. The van der Waals surface area contributed by atoms with Gasteiger partial charge in [0, 0.05) is 13.5 Å². The molecule has 20 heavy (non-hydrogen) atoms. The van der Waals surface area contributed by atoms with Gasteiger partial charge in [0.2, 0.25) is 5.91 Å². The van der Waals surface area contributed by atoms with Crippen LogP contribution < -0.4 is 5.32 Å². The Morgan fingerprint density at radius 3 is 2.30 bits per heavy atom. The van der Waals surface area contributed by atoms with E-state index in [-0.39, 0.29) is 25.5 Å². The lowest BCUT2D eigenvalue weighted by atomic mass is 9.77. The number of carboxylic acid groups (broad SMARTS) is 1. The van der Waals surface area contributed by atoms with Crippen LogP contribution in [0.15, 0.2) is 0 Å². The molecule has 0 radical (unpaired) electrons. The molecule has 116 valence electrons. The number of hydrogen-bond acceptors (Lipinski definition) is 4. The zero-order chi connectivity index (χ0) is 15.0. The molecule has 1 amide bonds. The van der Waals surface area contributed by atoms with E-state index in [4.69, 9.17) is 9.84 Å². The van der Waals surface area contributed by atoms with Gasteiger partial charge in [0.25, 0.3) is 0 Å². The number of nitrogens with one attached hydrogen (secondary N) is 1. The van der Waals surface area contributed by atoms with Gasteiger partial charge in [0.15, 0.2) is 0 Å². The second kappa shape index (κ2) is 8.21. The standard InChI is InChI=1S/C14H25NO5/c1-20-10-11(9-16)15-12(17)8-14(13(18)19)6-4-2-3-5-7-14/h11,16H,2-10H2,1H3,(H,15,17)(H,18,19). The summed E-state index contributed by atoms with van der Waals surface area (Å²) in [6, 6.07) is -0.482. The maximum absolute atomic E-state index is 12.0. The molecule has 0 bridgehead atoms. The smallest absolute Gasteiger partial charge is 0.310 e. The number of carboxylic acids is 1. The Morgan fingerprint density at radius 1 is 1.25 bits per heavy atom. The number of aliphatic hydroxyl groups excluding tert-OH is 1. The van der Waals surface area contributed by atoms with E-state index in [2.05, 4.69) is 5.32 Å². The van der Waals surface area contributed by atoms with Crippen molar-refractivity contribution in [3.63, 3.8) is 0 Å². The number of amides is 1. The average Bonchev–Trinajstić information content (AvgIpc) is 2.64. The van der Waals surface area contributed by atoms with Crippen LogP contribution in [0, 0.1) is 5.41 Å². The van der Waals surface area contributed by atoms with E-state index in [1.165, 1.54) is 7.11 Å². The number of rotatable bonds is 7. The Bertz CT molecular complexity index is 324. The second-order valence-corrected chi connectivity index (χ2v) is 5.58. The molecule has 0 aromatic carbocycles. The summed E-state index contributed by atoms with van der Waals surface area (Å²) in [4.78, 5) is 23.6. The van der Waals surface area contributed by atoms with Gasteiger partial charge in [-0.1, -0.05) is 25.7 Å². The van der Waals surface area contributed by atoms with Crippen molar-refractivity contribution in [1.82, 2.24) is 5.32 Å². The van der Waals surface area contributed by atoms with Crippen LogP contribution in [0.1, 0.15) is 44.9 Å². The van der Waals surface area contributed by atoms with Gasteiger partial charge in [-0.25, -0.2) is 0 Å². The number of carbonyl (C=O) groups excluding carboxylic acids is 1. The van der Waals surface area contributed by atoms with Crippen LogP contribution in [0.4, 0.5) is 0 Å². The number of aliphatic carboxylic acids is 1. The molecule has 0 saturated heterocycles. The number of methoxy groups -OCH3 is 1. The third kappa shape index (κ3) is 4.76. The highest BCUT2D eigenvalue weighted by Gasteiger charge is 2.40. The van der Waals surface area contributed by atoms with E-state index in [0.717, 1.165) is 25.7 Å². The minimum Gasteiger partial charge on any atom is -0.481 e. The van der Waals surface area contributed by atoms with E-state index in [1.54, 1.807) is 0 Å². The molecule has 6 heteroatoms. The van der Waals surface area contributed by atoms with Gasteiger partial charge in [-0.15, -0.1) is 0 Å². The third-order valence-electron chi connectivity index (χ3n) is 3.97. The molecule has 0 spiro atoms. The zero-order valence-electron chi connectivity index (χ0n) is 12.1. The van der Waals surface area contributed by atoms with Gasteiger partial charge in [-0.3, -0.25) is 9.59 Å². The average molecular weight is 287 g/mol. The van der Waals surface area contributed by atoms with Gasteiger partial charge in [-0.2, -0.15) is 0 Å². The molecule has 1 atom stereocenters. The molecule has 1 aliphatic rings. The van der Waals surface area contributed by atoms with Crippen LogP contribution in [0.2, 0.25) is 0 Å². The Labute approximate surface area is 119 Å². The summed E-state index contributed by atoms with van der Waals surface area (Å²) in [6.45, 7) is -0.0119. The number of hydrogen-bond donors (Lipinski definition) is 3. The molecular formula is C14H25NO5. The van der Waals surface area contributed by atoms with E-state index in [1.807, 2.05) is 0 Å². The van der Waals surface area contributed by atoms with Crippen molar-refractivity contribution >= 4 is 11.9 Å². The highest BCUT2D eigenvalue weighted by molar-refractivity contribution is 5.85. The largest absolute Gasteiger partial charge is 0.481 e. The summed E-state index contributed by atoms with van der Waals surface area (Å²) in [5.41, 5.74) is -0.951. The van der Waals surface area contributed by atoms with Crippen molar-refractivity contribution in [3.8, 4) is 0 Å². The Kier molecular flexibility index (Phi) is 6.95. The van der Waals surface area contributed by atoms with Gasteiger partial charge in [0.05, 0.1) is 24.7 Å². The summed E-state index contributed by atoms with van der Waals surface area (Å²) in [7, 11) is 1.48. The van der Waals surface area contributed by atoms with E-state index in [0.29, 0.717) is 12.8 Å². The van der Waals surface area contributed by atoms with Crippen molar-refractivity contribution in [3.05, 3.63) is 0 Å². The lowest BCUT2D eigenvalue weighted by Crippen LogP contribution is -2.44. The minimum absolute atomic E-state index is 0.0253. The van der Waals surface area contributed by atoms with Crippen LogP contribution >= 0.6 is 0 Å². The van der Waals surface area contributed by atoms with Crippen molar-refractivity contribution < 1.29 is 24.5 Å². The first-order valence-electron chi connectivity index (χ1n) is 7.16. The maximum Gasteiger partial charge on any atom is 0.310 e. The summed E-state index contributed by atoms with van der Waals surface area (Å²) in [6.07, 6.45) is 4.82. The van der Waals surface area contributed by atoms with E-state index < -0.39 is 17.4 Å². The van der Waals surface area contributed by atoms with Gasteiger partial charge in [0.1, 0.15) is 0 Å². The first-order valence-corrected chi connectivity index (χ1v) is 7.16. The van der Waals surface area contributed by atoms with Crippen molar-refractivity contribution in [2.24, 2.45) is 5.41 Å². The fourth-order valence-corrected chi connectivity index (χ4v) is 2.80. The molecule has 0 aromatic heterocycles. The first kappa shape index (κ1) is 16.9. The molecule has 1 saturated carbocycles. The van der Waals surface area contributed by atoms with E-state index in [9.17, 15) is 14.7 Å². The molecule has 0 aliphatic heterocycles. The number of aliphatic hydroxyl groups is 1. The van der Waals surface area contributed by atoms with Crippen LogP contribution in [0.5, 0.6) is 0 Å². The third-order valence-corrected chi connectivity index (χ3v) is 3.97.